The minimum Gasteiger partial charge on any atom is -0.481 e. The van der Waals surface area contributed by atoms with Gasteiger partial charge in [-0.2, -0.15) is 0 Å². The number of amides is 5. The van der Waals surface area contributed by atoms with Gasteiger partial charge in [-0.05, 0) is 13.3 Å². The van der Waals surface area contributed by atoms with Gasteiger partial charge < -0.3 is 43.4 Å². The maximum Gasteiger partial charge on any atom is 0.326 e. The molecule has 5 amide bonds. The van der Waals surface area contributed by atoms with Crippen LogP contribution < -0.4 is 33.2 Å². The van der Waals surface area contributed by atoms with Crippen LogP contribution in [-0.4, -0.2) is 75.9 Å². The van der Waals surface area contributed by atoms with Crippen LogP contribution in [0.5, 0.6) is 0 Å². The van der Waals surface area contributed by atoms with Crippen molar-refractivity contribution in [1.29, 1.82) is 0 Å². The van der Waals surface area contributed by atoms with Crippen LogP contribution in [0.1, 0.15) is 32.6 Å². The van der Waals surface area contributed by atoms with Crippen molar-refractivity contribution >= 4 is 41.5 Å². The van der Waals surface area contributed by atoms with Crippen LogP contribution in [0.3, 0.4) is 0 Å². The molecule has 0 rings (SSSR count). The van der Waals surface area contributed by atoms with Gasteiger partial charge in [-0.1, -0.05) is 0 Å². The number of carboxylic acid groups (broad SMARTS) is 2. The van der Waals surface area contributed by atoms with Crippen LogP contribution in [-0.2, 0) is 33.6 Å². The predicted octanol–water partition coefficient (Wildman–Crippen LogP) is -4.51. The highest BCUT2D eigenvalue weighted by Crippen LogP contribution is 2.00. The quantitative estimate of drug-likeness (QED) is 0.126. The molecule has 11 N–H and O–H groups in total. The highest BCUT2D eigenvalue weighted by molar-refractivity contribution is 5.96. The summed E-state index contributed by atoms with van der Waals surface area (Å²) in [6.07, 6.45) is -1.90. The first-order chi connectivity index (χ1) is 14.2. The molecule has 0 aromatic carbocycles. The maximum absolute atomic E-state index is 12.3. The number of carboxylic acids is 2. The van der Waals surface area contributed by atoms with Crippen molar-refractivity contribution in [3.8, 4) is 0 Å². The molecule has 0 saturated heterocycles. The molecular formula is C16H26N6O9. The van der Waals surface area contributed by atoms with Gasteiger partial charge in [0.05, 0.1) is 18.9 Å². The van der Waals surface area contributed by atoms with Crippen molar-refractivity contribution in [2.75, 3.05) is 0 Å². The molecule has 0 saturated carbocycles. The standard InChI is InChI=1S/C16H26N6O9/c1-6(20-14(28)7(17)2-3-10(18)23)13(27)21-8(4-11(19)24)15(29)22-9(16(30)31)5-12(25)26/h6-9H,2-5,17H2,1H3,(H2,18,23)(H2,19,24)(H,20,28)(H,21,27)(H,22,29)(H,25,26)(H,30,31). The van der Waals surface area contributed by atoms with Crippen LogP contribution in [0.25, 0.3) is 0 Å². The van der Waals surface area contributed by atoms with E-state index in [4.69, 9.17) is 27.4 Å². The predicted molar refractivity (Wildman–Crippen MR) is 102 cm³/mol. The summed E-state index contributed by atoms with van der Waals surface area (Å²) in [5.74, 6) is -7.74. The fraction of sp³-hybridized carbons (Fsp3) is 0.562. The van der Waals surface area contributed by atoms with E-state index < -0.39 is 78.5 Å². The third kappa shape index (κ3) is 11.1. The summed E-state index contributed by atoms with van der Waals surface area (Å²) in [4.78, 5) is 80.2. The number of nitrogens with two attached hydrogens (primary N) is 3. The largest absolute Gasteiger partial charge is 0.481 e. The molecule has 174 valence electrons. The van der Waals surface area contributed by atoms with E-state index in [1.54, 1.807) is 0 Å². The molecule has 0 spiro atoms. The third-order valence-electron chi connectivity index (χ3n) is 3.82. The van der Waals surface area contributed by atoms with E-state index in [0.29, 0.717) is 0 Å². The van der Waals surface area contributed by atoms with Crippen LogP contribution >= 0.6 is 0 Å². The smallest absolute Gasteiger partial charge is 0.326 e. The van der Waals surface area contributed by atoms with Crippen molar-refractivity contribution in [1.82, 2.24) is 16.0 Å². The number of nitrogens with one attached hydrogen (secondary N) is 3. The summed E-state index contributed by atoms with van der Waals surface area (Å²) < 4.78 is 0. The van der Waals surface area contributed by atoms with Crippen LogP contribution in [0.15, 0.2) is 0 Å². The van der Waals surface area contributed by atoms with Gasteiger partial charge in [0, 0.05) is 6.42 Å². The van der Waals surface area contributed by atoms with Crippen molar-refractivity contribution in [3.05, 3.63) is 0 Å². The number of primary amides is 2. The highest BCUT2D eigenvalue weighted by atomic mass is 16.4. The summed E-state index contributed by atoms with van der Waals surface area (Å²) in [6.45, 7) is 1.23. The number of hydrogen-bond donors (Lipinski definition) is 8. The van der Waals surface area contributed by atoms with Gasteiger partial charge in [-0.15, -0.1) is 0 Å². The maximum atomic E-state index is 12.3. The number of carbonyl (C=O) groups excluding carboxylic acids is 5. The molecule has 0 aliphatic rings. The number of rotatable bonds is 14. The fourth-order valence-corrected chi connectivity index (χ4v) is 2.17. The first-order valence-corrected chi connectivity index (χ1v) is 8.92. The Hall–Kier alpha value is -3.75. The lowest BCUT2D eigenvalue weighted by Gasteiger charge is -2.22. The van der Waals surface area contributed by atoms with Gasteiger partial charge in [0.2, 0.25) is 29.5 Å². The molecule has 0 heterocycles. The minimum absolute atomic E-state index is 0.0671. The molecule has 0 bridgehead atoms. The van der Waals surface area contributed by atoms with Crippen molar-refractivity contribution in [3.63, 3.8) is 0 Å². The van der Waals surface area contributed by atoms with Crippen LogP contribution in [0, 0.1) is 0 Å². The summed E-state index contributed by atoms with van der Waals surface area (Å²) in [5.41, 5.74) is 15.6. The second-order valence-electron chi connectivity index (χ2n) is 6.57. The van der Waals surface area contributed by atoms with Gasteiger partial charge >= 0.3 is 11.9 Å². The van der Waals surface area contributed by atoms with E-state index in [1.165, 1.54) is 6.92 Å². The number of aliphatic carboxylic acids is 2. The lowest BCUT2D eigenvalue weighted by Crippen LogP contribution is -2.57. The lowest BCUT2D eigenvalue weighted by atomic mass is 10.1. The zero-order valence-electron chi connectivity index (χ0n) is 16.6. The first kappa shape index (κ1) is 27.2. The molecule has 0 aromatic heterocycles. The normalized spacial score (nSPS) is 14.3. The van der Waals surface area contributed by atoms with Crippen LogP contribution in [0.4, 0.5) is 0 Å². The number of hydrogen-bond acceptors (Lipinski definition) is 8. The van der Waals surface area contributed by atoms with E-state index in [0.717, 1.165) is 0 Å². The van der Waals surface area contributed by atoms with Crippen molar-refractivity contribution in [2.24, 2.45) is 17.2 Å². The fourth-order valence-electron chi connectivity index (χ4n) is 2.17. The van der Waals surface area contributed by atoms with E-state index in [1.807, 2.05) is 5.32 Å². The number of carbonyl (C=O) groups is 7. The Morgan fingerprint density at radius 1 is 0.774 bits per heavy atom. The van der Waals surface area contributed by atoms with E-state index in [9.17, 15) is 33.6 Å². The first-order valence-electron chi connectivity index (χ1n) is 8.92. The van der Waals surface area contributed by atoms with E-state index in [2.05, 4.69) is 10.6 Å². The van der Waals surface area contributed by atoms with Gasteiger partial charge in [-0.25, -0.2) is 4.79 Å². The van der Waals surface area contributed by atoms with Crippen molar-refractivity contribution < 1.29 is 43.8 Å². The lowest BCUT2D eigenvalue weighted by molar-refractivity contribution is -0.147. The molecule has 15 nitrogen and oxygen atoms in total. The van der Waals surface area contributed by atoms with Gasteiger partial charge in [-0.3, -0.25) is 28.8 Å². The molecule has 0 fully saturated rings. The van der Waals surface area contributed by atoms with Gasteiger partial charge in [0.25, 0.3) is 0 Å². The summed E-state index contributed by atoms with van der Waals surface area (Å²) in [7, 11) is 0. The second-order valence-corrected chi connectivity index (χ2v) is 6.57. The molecule has 4 atom stereocenters. The molecule has 0 aliphatic heterocycles. The Balaban J connectivity index is 5.10. The highest BCUT2D eigenvalue weighted by Gasteiger charge is 2.30. The van der Waals surface area contributed by atoms with E-state index in [-0.39, 0.29) is 12.8 Å². The summed E-state index contributed by atoms with van der Waals surface area (Å²) in [5, 5.41) is 23.9. The van der Waals surface area contributed by atoms with Gasteiger partial charge in [0.15, 0.2) is 0 Å². The van der Waals surface area contributed by atoms with Gasteiger partial charge in [0.1, 0.15) is 18.1 Å². The molecule has 31 heavy (non-hydrogen) atoms. The monoisotopic (exact) mass is 446 g/mol. The molecule has 4 unspecified atom stereocenters. The summed E-state index contributed by atoms with van der Waals surface area (Å²) in [6, 6.07) is -5.84. The SMILES string of the molecule is CC(NC(=O)C(N)CCC(N)=O)C(=O)NC(CC(N)=O)C(=O)NC(CC(=O)O)C(=O)O. The Bertz CT molecular complexity index is 741. The topological polar surface area (TPSA) is 274 Å². The van der Waals surface area contributed by atoms with Crippen molar-refractivity contribution in [2.45, 2.75) is 56.8 Å². The zero-order valence-corrected chi connectivity index (χ0v) is 16.6. The Morgan fingerprint density at radius 3 is 1.77 bits per heavy atom. The Morgan fingerprint density at radius 2 is 1.32 bits per heavy atom. The minimum atomic E-state index is -1.82. The third-order valence-corrected chi connectivity index (χ3v) is 3.82. The van der Waals surface area contributed by atoms with E-state index >= 15 is 0 Å². The Labute approximate surface area is 176 Å². The second kappa shape index (κ2) is 12.7. The molecule has 15 heteroatoms. The Kier molecular flexibility index (Phi) is 11.2. The average molecular weight is 446 g/mol. The molecule has 0 aromatic rings. The summed E-state index contributed by atoms with van der Waals surface area (Å²) >= 11 is 0. The zero-order chi connectivity index (χ0) is 24.3. The molecule has 0 aliphatic carbocycles. The molecule has 0 radical (unpaired) electrons. The molecular weight excluding hydrogens is 420 g/mol. The average Bonchev–Trinajstić information content (AvgIpc) is 2.63. The van der Waals surface area contributed by atoms with Crippen LogP contribution in [0.2, 0.25) is 0 Å².